The molecule has 0 radical (unpaired) electrons. The van der Waals surface area contributed by atoms with Gasteiger partial charge >= 0.3 is 0 Å². The van der Waals surface area contributed by atoms with E-state index in [4.69, 9.17) is 0 Å². The highest BCUT2D eigenvalue weighted by atomic mass is 32.1. The first kappa shape index (κ1) is 12.7. The van der Waals surface area contributed by atoms with Crippen molar-refractivity contribution in [3.8, 4) is 0 Å². The molecule has 0 aliphatic rings. The molecule has 0 aromatic carbocycles. The minimum absolute atomic E-state index is 0.577. The molecule has 86 valence electrons. The van der Waals surface area contributed by atoms with Gasteiger partial charge < -0.3 is 5.32 Å². The predicted molar refractivity (Wildman–Crippen MR) is 69.5 cm³/mol. The maximum absolute atomic E-state index is 3.45. The summed E-state index contributed by atoms with van der Waals surface area (Å²) in [5, 5.41) is 5.74. The summed E-state index contributed by atoms with van der Waals surface area (Å²) in [4.78, 5) is 1.55. The van der Waals surface area contributed by atoms with Gasteiger partial charge in [0.1, 0.15) is 0 Å². The van der Waals surface area contributed by atoms with E-state index < -0.39 is 0 Å². The molecule has 2 heteroatoms. The normalized spacial score (nSPS) is 11.2. The molecular formula is C13H23NS. The van der Waals surface area contributed by atoms with Crippen LogP contribution in [0.25, 0.3) is 0 Å². The lowest BCUT2D eigenvalue weighted by Gasteiger charge is -2.05. The van der Waals surface area contributed by atoms with Gasteiger partial charge in [-0.3, -0.25) is 0 Å². The van der Waals surface area contributed by atoms with Crippen molar-refractivity contribution in [2.45, 2.75) is 59.0 Å². The van der Waals surface area contributed by atoms with Gasteiger partial charge in [-0.15, -0.1) is 11.3 Å². The molecule has 15 heavy (non-hydrogen) atoms. The summed E-state index contributed by atoms with van der Waals surface area (Å²) in [6.45, 7) is 7.65. The molecule has 0 fully saturated rings. The Morgan fingerprint density at radius 1 is 1.33 bits per heavy atom. The lowest BCUT2D eigenvalue weighted by Crippen LogP contribution is -2.21. The lowest BCUT2D eigenvalue weighted by atomic mass is 10.1. The third kappa shape index (κ3) is 5.33. The van der Waals surface area contributed by atoms with E-state index in [-0.39, 0.29) is 0 Å². The molecule has 0 spiro atoms. The average molecular weight is 225 g/mol. The van der Waals surface area contributed by atoms with Crippen LogP contribution in [0.5, 0.6) is 0 Å². The largest absolute Gasteiger partial charge is 0.310 e. The van der Waals surface area contributed by atoms with Crippen LogP contribution in [0.3, 0.4) is 0 Å². The molecule has 0 aliphatic heterocycles. The topological polar surface area (TPSA) is 12.0 Å². The number of nitrogens with one attached hydrogen (secondary N) is 1. The van der Waals surface area contributed by atoms with Gasteiger partial charge in [0.15, 0.2) is 0 Å². The van der Waals surface area contributed by atoms with E-state index in [0.717, 1.165) is 6.54 Å². The minimum Gasteiger partial charge on any atom is -0.310 e. The first-order valence-corrected chi connectivity index (χ1v) is 6.90. The molecule has 1 rings (SSSR count). The van der Waals surface area contributed by atoms with Crippen LogP contribution in [0.1, 0.15) is 50.5 Å². The van der Waals surface area contributed by atoms with Gasteiger partial charge in [-0.25, -0.2) is 0 Å². The number of unbranched alkanes of at least 4 members (excludes halogenated alkanes) is 2. The Morgan fingerprint density at radius 3 is 2.80 bits per heavy atom. The van der Waals surface area contributed by atoms with Crippen molar-refractivity contribution in [3.63, 3.8) is 0 Å². The van der Waals surface area contributed by atoms with Crippen LogP contribution in [0.4, 0.5) is 0 Å². The molecule has 1 nitrogen and oxygen atoms in total. The number of rotatable bonds is 7. The van der Waals surface area contributed by atoms with Gasteiger partial charge in [0.25, 0.3) is 0 Å². The Kier molecular flexibility index (Phi) is 5.96. The molecule has 0 aliphatic carbocycles. The van der Waals surface area contributed by atoms with Gasteiger partial charge in [0.2, 0.25) is 0 Å². The zero-order valence-electron chi connectivity index (χ0n) is 10.2. The molecule has 0 atom stereocenters. The second kappa shape index (κ2) is 7.02. The quantitative estimate of drug-likeness (QED) is 0.692. The molecule has 0 saturated heterocycles. The second-order valence-electron chi connectivity index (χ2n) is 4.41. The first-order chi connectivity index (χ1) is 7.22. The summed E-state index contributed by atoms with van der Waals surface area (Å²) in [5.41, 5.74) is 1.44. The fourth-order valence-electron chi connectivity index (χ4n) is 1.52. The minimum atomic E-state index is 0.577. The Hall–Kier alpha value is -0.340. The second-order valence-corrected chi connectivity index (χ2v) is 5.41. The van der Waals surface area contributed by atoms with Crippen LogP contribution < -0.4 is 5.32 Å². The Bertz CT molecular complexity index is 265. The molecule has 1 aromatic heterocycles. The highest BCUT2D eigenvalue weighted by Gasteiger charge is 2.00. The smallest absolute Gasteiger partial charge is 0.0216 e. The van der Waals surface area contributed by atoms with Crippen molar-refractivity contribution in [2.75, 3.05) is 0 Å². The van der Waals surface area contributed by atoms with Crippen LogP contribution in [0.2, 0.25) is 0 Å². The van der Waals surface area contributed by atoms with Crippen LogP contribution in [0.15, 0.2) is 11.4 Å². The highest BCUT2D eigenvalue weighted by Crippen LogP contribution is 2.17. The highest BCUT2D eigenvalue weighted by molar-refractivity contribution is 7.10. The van der Waals surface area contributed by atoms with Gasteiger partial charge in [-0.1, -0.05) is 33.6 Å². The van der Waals surface area contributed by atoms with Crippen molar-refractivity contribution in [1.29, 1.82) is 0 Å². The SMILES string of the molecule is CCCCCc1cc(CNC(C)C)cs1. The van der Waals surface area contributed by atoms with Crippen molar-refractivity contribution in [2.24, 2.45) is 0 Å². The van der Waals surface area contributed by atoms with Crippen molar-refractivity contribution in [3.05, 3.63) is 21.9 Å². The maximum Gasteiger partial charge on any atom is 0.0216 e. The molecule has 1 aromatic rings. The third-order valence-corrected chi connectivity index (χ3v) is 3.49. The Morgan fingerprint density at radius 2 is 2.13 bits per heavy atom. The predicted octanol–water partition coefficient (Wildman–Crippen LogP) is 3.98. The van der Waals surface area contributed by atoms with Crippen LogP contribution in [0, 0.1) is 0 Å². The molecular weight excluding hydrogens is 202 g/mol. The van der Waals surface area contributed by atoms with E-state index in [1.165, 1.54) is 31.2 Å². The molecule has 0 amide bonds. The van der Waals surface area contributed by atoms with Crippen molar-refractivity contribution >= 4 is 11.3 Å². The average Bonchev–Trinajstić information content (AvgIpc) is 2.63. The molecule has 0 saturated carbocycles. The Labute approximate surface area is 97.9 Å². The fourth-order valence-corrected chi connectivity index (χ4v) is 2.46. The van der Waals surface area contributed by atoms with Gasteiger partial charge in [0, 0.05) is 17.5 Å². The van der Waals surface area contributed by atoms with Gasteiger partial charge in [0.05, 0.1) is 0 Å². The lowest BCUT2D eigenvalue weighted by molar-refractivity contribution is 0.589. The summed E-state index contributed by atoms with van der Waals surface area (Å²) in [5.74, 6) is 0. The number of hydrogen-bond acceptors (Lipinski definition) is 2. The van der Waals surface area contributed by atoms with E-state index in [9.17, 15) is 0 Å². The molecule has 1 heterocycles. The van der Waals surface area contributed by atoms with E-state index >= 15 is 0 Å². The number of aryl methyl sites for hydroxylation is 1. The molecule has 1 N–H and O–H groups in total. The van der Waals surface area contributed by atoms with Gasteiger partial charge in [-0.05, 0) is 29.9 Å². The molecule has 0 unspecified atom stereocenters. The van der Waals surface area contributed by atoms with E-state index in [0.29, 0.717) is 6.04 Å². The van der Waals surface area contributed by atoms with Crippen LogP contribution >= 0.6 is 11.3 Å². The standard InChI is InChI=1S/C13H23NS/c1-4-5-6-7-13-8-12(10-15-13)9-14-11(2)3/h8,10-11,14H,4-7,9H2,1-3H3. The first-order valence-electron chi connectivity index (χ1n) is 6.02. The van der Waals surface area contributed by atoms with E-state index in [1.807, 2.05) is 11.3 Å². The number of hydrogen-bond donors (Lipinski definition) is 1. The monoisotopic (exact) mass is 225 g/mol. The van der Waals surface area contributed by atoms with Crippen molar-refractivity contribution < 1.29 is 0 Å². The van der Waals surface area contributed by atoms with E-state index in [1.54, 1.807) is 4.88 Å². The van der Waals surface area contributed by atoms with Crippen LogP contribution in [-0.2, 0) is 13.0 Å². The number of thiophene rings is 1. The summed E-state index contributed by atoms with van der Waals surface area (Å²) in [6.07, 6.45) is 5.28. The molecule has 0 bridgehead atoms. The van der Waals surface area contributed by atoms with E-state index in [2.05, 4.69) is 37.5 Å². The van der Waals surface area contributed by atoms with Crippen LogP contribution in [-0.4, -0.2) is 6.04 Å². The Balaban J connectivity index is 2.29. The summed E-state index contributed by atoms with van der Waals surface area (Å²) in [7, 11) is 0. The maximum atomic E-state index is 3.45. The van der Waals surface area contributed by atoms with Gasteiger partial charge in [-0.2, -0.15) is 0 Å². The zero-order chi connectivity index (χ0) is 11.1. The summed E-state index contributed by atoms with van der Waals surface area (Å²) in [6, 6.07) is 2.93. The summed E-state index contributed by atoms with van der Waals surface area (Å²) < 4.78 is 0. The summed E-state index contributed by atoms with van der Waals surface area (Å²) >= 11 is 1.91. The van der Waals surface area contributed by atoms with Crippen molar-refractivity contribution in [1.82, 2.24) is 5.32 Å². The fraction of sp³-hybridized carbons (Fsp3) is 0.692. The third-order valence-electron chi connectivity index (χ3n) is 2.45. The zero-order valence-corrected chi connectivity index (χ0v) is 11.0.